The summed E-state index contributed by atoms with van der Waals surface area (Å²) in [5.74, 6) is -0.455. The zero-order chi connectivity index (χ0) is 12.5. The first-order valence-electron chi connectivity index (χ1n) is 5.06. The maximum atomic E-state index is 12.8. The van der Waals surface area contributed by atoms with Gasteiger partial charge in [-0.1, -0.05) is 0 Å². The van der Waals surface area contributed by atoms with Crippen molar-refractivity contribution >= 4 is 5.69 Å². The third kappa shape index (κ3) is 2.09. The molecule has 0 saturated carbocycles. The second-order valence-electron chi connectivity index (χ2n) is 3.90. The highest BCUT2D eigenvalue weighted by Gasteiger charge is 2.29. The van der Waals surface area contributed by atoms with Crippen molar-refractivity contribution in [3.63, 3.8) is 0 Å². The maximum Gasteiger partial charge on any atom is 0.141 e. The first-order chi connectivity index (χ1) is 8.01. The third-order valence-corrected chi connectivity index (χ3v) is 2.61. The predicted octanol–water partition coefficient (Wildman–Crippen LogP) is 1.45. The van der Waals surface area contributed by atoms with Crippen LogP contribution in [0.5, 0.6) is 0 Å². The van der Waals surface area contributed by atoms with Crippen LogP contribution in [0.3, 0.4) is 0 Å². The van der Waals surface area contributed by atoms with Crippen molar-refractivity contribution < 1.29 is 9.50 Å². The van der Waals surface area contributed by atoms with Gasteiger partial charge in [0, 0.05) is 23.6 Å². The van der Waals surface area contributed by atoms with Crippen LogP contribution in [0.2, 0.25) is 0 Å². The minimum Gasteiger partial charge on any atom is -0.398 e. The van der Waals surface area contributed by atoms with Crippen LogP contribution in [0.15, 0.2) is 36.8 Å². The van der Waals surface area contributed by atoms with E-state index in [2.05, 4.69) is 9.97 Å². The van der Waals surface area contributed by atoms with Crippen molar-refractivity contribution in [1.82, 2.24) is 9.97 Å². The predicted molar refractivity (Wildman–Crippen MR) is 61.5 cm³/mol. The van der Waals surface area contributed by atoms with Gasteiger partial charge in [0.2, 0.25) is 0 Å². The lowest BCUT2D eigenvalue weighted by molar-refractivity contribution is 0.0977. The molecule has 2 heterocycles. The quantitative estimate of drug-likeness (QED) is 0.823. The number of nitrogen functional groups attached to an aromatic ring is 1. The zero-order valence-corrected chi connectivity index (χ0v) is 9.26. The van der Waals surface area contributed by atoms with Crippen molar-refractivity contribution in [2.45, 2.75) is 12.5 Å². The molecule has 4 nitrogen and oxygen atoms in total. The van der Waals surface area contributed by atoms with Crippen LogP contribution in [-0.4, -0.2) is 15.1 Å². The van der Waals surface area contributed by atoms with Crippen molar-refractivity contribution in [3.8, 4) is 0 Å². The second kappa shape index (κ2) is 4.10. The molecule has 17 heavy (non-hydrogen) atoms. The molecule has 0 amide bonds. The summed E-state index contributed by atoms with van der Waals surface area (Å²) >= 11 is 0. The smallest absolute Gasteiger partial charge is 0.141 e. The molecule has 0 saturated heterocycles. The Kier molecular flexibility index (Phi) is 2.77. The average Bonchev–Trinajstić information content (AvgIpc) is 2.30. The van der Waals surface area contributed by atoms with E-state index in [-0.39, 0.29) is 0 Å². The normalized spacial score (nSPS) is 14.3. The molecule has 2 aromatic rings. The zero-order valence-electron chi connectivity index (χ0n) is 9.26. The second-order valence-corrected chi connectivity index (χ2v) is 3.90. The Hall–Kier alpha value is -2.01. The number of pyridine rings is 2. The van der Waals surface area contributed by atoms with E-state index in [0.29, 0.717) is 16.9 Å². The van der Waals surface area contributed by atoms with Crippen molar-refractivity contribution in [1.29, 1.82) is 0 Å². The van der Waals surface area contributed by atoms with E-state index < -0.39 is 11.4 Å². The number of nitrogens with zero attached hydrogens (tertiary/aromatic N) is 2. The van der Waals surface area contributed by atoms with Gasteiger partial charge in [0.15, 0.2) is 0 Å². The van der Waals surface area contributed by atoms with Gasteiger partial charge >= 0.3 is 0 Å². The summed E-state index contributed by atoms with van der Waals surface area (Å²) in [5.41, 5.74) is 5.55. The first kappa shape index (κ1) is 11.5. The Balaban J connectivity index is 2.49. The van der Waals surface area contributed by atoms with Gasteiger partial charge in [0.25, 0.3) is 0 Å². The first-order valence-corrected chi connectivity index (χ1v) is 5.06. The fourth-order valence-electron chi connectivity index (χ4n) is 1.61. The molecule has 3 N–H and O–H groups in total. The van der Waals surface area contributed by atoms with E-state index in [9.17, 15) is 9.50 Å². The highest BCUT2D eigenvalue weighted by molar-refractivity contribution is 5.50. The van der Waals surface area contributed by atoms with Gasteiger partial charge in [0.05, 0.1) is 11.9 Å². The lowest BCUT2D eigenvalue weighted by atomic mass is 9.92. The van der Waals surface area contributed by atoms with E-state index in [1.807, 2.05) is 0 Å². The summed E-state index contributed by atoms with van der Waals surface area (Å²) in [6.45, 7) is 1.54. The Morgan fingerprint density at radius 2 is 2.06 bits per heavy atom. The van der Waals surface area contributed by atoms with E-state index in [4.69, 9.17) is 5.73 Å². The SMILES string of the molecule is CC(O)(c1ccc(F)cn1)c1cnccc1N. The van der Waals surface area contributed by atoms with Crippen LogP contribution >= 0.6 is 0 Å². The van der Waals surface area contributed by atoms with Gasteiger partial charge in [-0.25, -0.2) is 4.39 Å². The molecule has 0 spiro atoms. The molecule has 0 aliphatic carbocycles. The summed E-state index contributed by atoms with van der Waals surface area (Å²) in [6, 6.07) is 4.25. The van der Waals surface area contributed by atoms with Crippen LogP contribution in [0.4, 0.5) is 10.1 Å². The monoisotopic (exact) mass is 233 g/mol. The van der Waals surface area contributed by atoms with Gasteiger partial charge in [-0.2, -0.15) is 0 Å². The highest BCUT2D eigenvalue weighted by atomic mass is 19.1. The third-order valence-electron chi connectivity index (χ3n) is 2.61. The number of hydrogen-bond donors (Lipinski definition) is 2. The van der Waals surface area contributed by atoms with E-state index in [0.717, 1.165) is 6.20 Å². The number of hydrogen-bond acceptors (Lipinski definition) is 4. The molecule has 0 aromatic carbocycles. The summed E-state index contributed by atoms with van der Waals surface area (Å²) in [5, 5.41) is 10.4. The number of aromatic nitrogens is 2. The number of nitrogens with two attached hydrogens (primary N) is 1. The molecule has 0 aliphatic heterocycles. The van der Waals surface area contributed by atoms with Gasteiger partial charge < -0.3 is 10.8 Å². The standard InChI is InChI=1S/C12H12FN3O/c1-12(17,9-7-15-5-4-10(9)14)11-3-2-8(13)6-16-11/h2-7,17H,1H3,(H2,14,15). The van der Waals surface area contributed by atoms with Crippen molar-refractivity contribution in [2.75, 3.05) is 5.73 Å². The molecular weight excluding hydrogens is 221 g/mol. The molecule has 5 heteroatoms. The summed E-state index contributed by atoms with van der Waals surface area (Å²) in [7, 11) is 0. The van der Waals surface area contributed by atoms with Crippen LogP contribution in [0, 0.1) is 5.82 Å². The average molecular weight is 233 g/mol. The number of anilines is 1. The molecule has 0 bridgehead atoms. The van der Waals surface area contributed by atoms with Crippen LogP contribution in [-0.2, 0) is 5.60 Å². The molecule has 0 aliphatic rings. The van der Waals surface area contributed by atoms with Gasteiger partial charge in [0.1, 0.15) is 11.4 Å². The fraction of sp³-hybridized carbons (Fsp3) is 0.167. The Morgan fingerprint density at radius 1 is 1.29 bits per heavy atom. The molecular formula is C12H12FN3O. The number of halogens is 1. The molecule has 2 rings (SSSR count). The largest absolute Gasteiger partial charge is 0.398 e. The van der Waals surface area contributed by atoms with E-state index >= 15 is 0 Å². The van der Waals surface area contributed by atoms with Crippen molar-refractivity contribution in [3.05, 3.63) is 53.9 Å². The van der Waals surface area contributed by atoms with Crippen LogP contribution in [0.25, 0.3) is 0 Å². The minimum atomic E-state index is -1.40. The van der Waals surface area contributed by atoms with Gasteiger partial charge in [-0.15, -0.1) is 0 Å². The van der Waals surface area contributed by atoms with Crippen LogP contribution < -0.4 is 5.73 Å². The van der Waals surface area contributed by atoms with E-state index in [1.54, 1.807) is 13.0 Å². The minimum absolute atomic E-state index is 0.318. The molecule has 0 fully saturated rings. The summed E-state index contributed by atoms with van der Waals surface area (Å²) in [6.07, 6.45) is 4.06. The summed E-state index contributed by atoms with van der Waals surface area (Å²) < 4.78 is 12.8. The number of aliphatic hydroxyl groups is 1. The fourth-order valence-corrected chi connectivity index (χ4v) is 1.61. The maximum absolute atomic E-state index is 12.8. The molecule has 2 aromatic heterocycles. The molecule has 0 radical (unpaired) electrons. The van der Waals surface area contributed by atoms with E-state index in [1.165, 1.54) is 24.5 Å². The van der Waals surface area contributed by atoms with Gasteiger partial charge in [-0.05, 0) is 25.1 Å². The molecule has 88 valence electrons. The lowest BCUT2D eigenvalue weighted by Gasteiger charge is -2.24. The molecule has 1 unspecified atom stereocenters. The Labute approximate surface area is 98.0 Å². The highest BCUT2D eigenvalue weighted by Crippen LogP contribution is 2.30. The molecule has 1 atom stereocenters. The van der Waals surface area contributed by atoms with Crippen LogP contribution in [0.1, 0.15) is 18.2 Å². The lowest BCUT2D eigenvalue weighted by Crippen LogP contribution is -2.25. The Bertz CT molecular complexity index is 526. The van der Waals surface area contributed by atoms with Crippen molar-refractivity contribution in [2.24, 2.45) is 0 Å². The number of rotatable bonds is 2. The topological polar surface area (TPSA) is 72.0 Å². The Morgan fingerprint density at radius 3 is 2.65 bits per heavy atom. The van der Waals surface area contributed by atoms with Gasteiger partial charge in [-0.3, -0.25) is 9.97 Å². The summed E-state index contributed by atoms with van der Waals surface area (Å²) in [4.78, 5) is 7.77.